The maximum atomic E-state index is 12.0. The van der Waals surface area contributed by atoms with E-state index < -0.39 is 28.5 Å². The quantitative estimate of drug-likeness (QED) is 0.456. The fraction of sp³-hybridized carbons (Fsp3) is 0.111. The van der Waals surface area contributed by atoms with E-state index in [2.05, 4.69) is 4.74 Å². The summed E-state index contributed by atoms with van der Waals surface area (Å²) in [5, 5.41) is 19.3. The van der Waals surface area contributed by atoms with Crippen LogP contribution < -0.4 is 4.74 Å². The minimum Gasteiger partial charge on any atom is -0.427 e. The van der Waals surface area contributed by atoms with Gasteiger partial charge in [0.1, 0.15) is 11.6 Å². The second kappa shape index (κ2) is 4.98. The maximum Gasteiger partial charge on any atom is 0.387 e. The first kappa shape index (κ1) is 12.5. The van der Waals surface area contributed by atoms with Gasteiger partial charge in [0.15, 0.2) is 6.29 Å². The molecule has 0 bridgehead atoms. The predicted molar refractivity (Wildman–Crippen MR) is 49.8 cm³/mol. The predicted octanol–water partition coefficient (Wildman–Crippen LogP) is 1.88. The molecule has 0 atom stereocenters. The van der Waals surface area contributed by atoms with Crippen LogP contribution in [0, 0.1) is 21.4 Å². The van der Waals surface area contributed by atoms with Gasteiger partial charge in [-0.2, -0.15) is 14.0 Å². The maximum absolute atomic E-state index is 12.0. The van der Waals surface area contributed by atoms with Crippen LogP contribution in [0.3, 0.4) is 0 Å². The summed E-state index contributed by atoms with van der Waals surface area (Å²) in [5.41, 5.74) is -1.82. The van der Waals surface area contributed by atoms with Gasteiger partial charge in [0.05, 0.1) is 10.5 Å². The van der Waals surface area contributed by atoms with Crippen molar-refractivity contribution in [3.05, 3.63) is 33.4 Å². The first-order valence-electron chi connectivity index (χ1n) is 4.12. The van der Waals surface area contributed by atoms with Gasteiger partial charge in [-0.15, -0.1) is 0 Å². The third-order valence-corrected chi connectivity index (χ3v) is 1.82. The molecular formula is C9H4F2N2O4. The van der Waals surface area contributed by atoms with Crippen molar-refractivity contribution in [2.75, 3.05) is 0 Å². The van der Waals surface area contributed by atoms with E-state index in [0.29, 0.717) is 0 Å². The van der Waals surface area contributed by atoms with Crippen molar-refractivity contribution < 1.29 is 23.2 Å². The number of halogens is 2. The van der Waals surface area contributed by atoms with Gasteiger partial charge in [0, 0.05) is 0 Å². The number of nitrogens with zero attached hydrogens (tertiary/aromatic N) is 2. The van der Waals surface area contributed by atoms with Crippen LogP contribution in [0.1, 0.15) is 15.9 Å². The van der Waals surface area contributed by atoms with Crippen molar-refractivity contribution in [1.29, 1.82) is 5.26 Å². The second-order valence-corrected chi connectivity index (χ2v) is 2.74. The molecule has 0 spiro atoms. The number of rotatable bonds is 4. The van der Waals surface area contributed by atoms with Gasteiger partial charge in [0.2, 0.25) is 5.75 Å². The summed E-state index contributed by atoms with van der Waals surface area (Å²) in [6.45, 7) is -3.26. The van der Waals surface area contributed by atoms with E-state index in [4.69, 9.17) is 5.26 Å². The second-order valence-electron chi connectivity index (χ2n) is 2.74. The molecular weight excluding hydrogens is 238 g/mol. The molecule has 0 aliphatic heterocycles. The first-order chi connectivity index (χ1) is 8.01. The third-order valence-electron chi connectivity index (χ3n) is 1.82. The molecule has 0 heterocycles. The summed E-state index contributed by atoms with van der Waals surface area (Å²) < 4.78 is 27.9. The summed E-state index contributed by atoms with van der Waals surface area (Å²) in [6, 6.07) is 3.38. The minimum absolute atomic E-state index is 0.0506. The van der Waals surface area contributed by atoms with Crippen LogP contribution >= 0.6 is 0 Å². The van der Waals surface area contributed by atoms with Crippen molar-refractivity contribution in [2.24, 2.45) is 0 Å². The van der Waals surface area contributed by atoms with Crippen LogP contribution in [0.15, 0.2) is 12.1 Å². The number of nitriles is 1. The molecule has 0 unspecified atom stereocenters. The van der Waals surface area contributed by atoms with Crippen LogP contribution in [0.25, 0.3) is 0 Å². The molecule has 17 heavy (non-hydrogen) atoms. The highest BCUT2D eigenvalue weighted by Gasteiger charge is 2.26. The summed E-state index contributed by atoms with van der Waals surface area (Å²) in [6.07, 6.45) is 0.0506. The zero-order valence-corrected chi connectivity index (χ0v) is 8.09. The Hall–Kier alpha value is -2.56. The monoisotopic (exact) mass is 242 g/mol. The Morgan fingerprint density at radius 1 is 1.53 bits per heavy atom. The summed E-state index contributed by atoms with van der Waals surface area (Å²) in [7, 11) is 0. The number of aldehydes is 1. The van der Waals surface area contributed by atoms with E-state index in [1.165, 1.54) is 0 Å². The van der Waals surface area contributed by atoms with Gasteiger partial charge in [0.25, 0.3) is 0 Å². The number of hydrogen-bond donors (Lipinski definition) is 0. The smallest absolute Gasteiger partial charge is 0.387 e. The number of benzene rings is 1. The zero-order chi connectivity index (χ0) is 13.0. The van der Waals surface area contributed by atoms with Crippen LogP contribution in [-0.2, 0) is 0 Å². The van der Waals surface area contributed by atoms with Crippen LogP contribution in [-0.4, -0.2) is 17.8 Å². The Kier molecular flexibility index (Phi) is 3.66. The summed E-state index contributed by atoms with van der Waals surface area (Å²) >= 11 is 0. The van der Waals surface area contributed by atoms with Gasteiger partial charge in [-0.25, -0.2) is 0 Å². The van der Waals surface area contributed by atoms with E-state index in [1.807, 2.05) is 0 Å². The third kappa shape index (κ3) is 2.52. The van der Waals surface area contributed by atoms with Crippen molar-refractivity contribution in [2.45, 2.75) is 6.61 Å². The molecule has 0 radical (unpaired) electrons. The highest BCUT2D eigenvalue weighted by Crippen LogP contribution is 2.33. The number of nitro benzene ring substituents is 1. The van der Waals surface area contributed by atoms with E-state index in [9.17, 15) is 23.7 Å². The molecule has 0 fully saturated rings. The Balaban J connectivity index is 3.48. The fourth-order valence-electron chi connectivity index (χ4n) is 1.18. The largest absolute Gasteiger partial charge is 0.427 e. The van der Waals surface area contributed by atoms with E-state index in [1.54, 1.807) is 6.07 Å². The molecule has 1 aromatic rings. The number of carbonyl (C=O) groups is 1. The van der Waals surface area contributed by atoms with E-state index in [0.717, 1.165) is 12.1 Å². The number of alkyl halides is 2. The van der Waals surface area contributed by atoms with Gasteiger partial charge in [-0.05, 0) is 12.1 Å². The number of ether oxygens (including phenoxy) is 1. The van der Waals surface area contributed by atoms with Crippen molar-refractivity contribution in [3.8, 4) is 11.8 Å². The number of nitro groups is 1. The number of hydrogen-bond acceptors (Lipinski definition) is 5. The molecule has 0 aliphatic carbocycles. The van der Waals surface area contributed by atoms with Gasteiger partial charge in [-0.1, -0.05) is 0 Å². The summed E-state index contributed by atoms with van der Waals surface area (Å²) in [5.74, 6) is -0.758. The lowest BCUT2D eigenvalue weighted by molar-refractivity contribution is -0.386. The standard InChI is InChI=1S/C9H4F2N2O4/c10-9(11)17-7-2-1-5(3-12)6(4-14)8(7)13(15)16/h1-2,4,9H. The molecule has 6 nitrogen and oxygen atoms in total. The molecule has 0 aliphatic rings. The Morgan fingerprint density at radius 2 is 2.18 bits per heavy atom. The molecule has 0 saturated carbocycles. The Bertz CT molecular complexity index is 510. The molecule has 88 valence electrons. The van der Waals surface area contributed by atoms with Crippen LogP contribution in [0.4, 0.5) is 14.5 Å². The molecule has 0 aromatic heterocycles. The van der Waals surface area contributed by atoms with Crippen molar-refractivity contribution in [3.63, 3.8) is 0 Å². The summed E-state index contributed by atoms with van der Waals surface area (Å²) in [4.78, 5) is 20.3. The fourth-order valence-corrected chi connectivity index (χ4v) is 1.18. The average molecular weight is 242 g/mol. The normalized spacial score (nSPS) is 9.76. The Morgan fingerprint density at radius 3 is 2.59 bits per heavy atom. The van der Waals surface area contributed by atoms with E-state index in [-0.39, 0.29) is 11.8 Å². The lowest BCUT2D eigenvalue weighted by Gasteiger charge is -2.06. The lowest BCUT2D eigenvalue weighted by atomic mass is 10.1. The van der Waals surface area contributed by atoms with Crippen LogP contribution in [0.5, 0.6) is 5.75 Å². The SMILES string of the molecule is N#Cc1ccc(OC(F)F)c([N+](=O)[O-])c1C=O. The Labute approximate surface area is 93.2 Å². The van der Waals surface area contributed by atoms with Gasteiger partial charge < -0.3 is 4.74 Å². The molecule has 0 saturated heterocycles. The lowest BCUT2D eigenvalue weighted by Crippen LogP contribution is -2.07. The van der Waals surface area contributed by atoms with Crippen molar-refractivity contribution >= 4 is 12.0 Å². The number of carbonyl (C=O) groups excluding carboxylic acids is 1. The van der Waals surface area contributed by atoms with E-state index >= 15 is 0 Å². The molecule has 1 aromatic carbocycles. The first-order valence-corrected chi connectivity index (χ1v) is 4.12. The molecule has 8 heteroatoms. The van der Waals surface area contributed by atoms with Crippen molar-refractivity contribution in [1.82, 2.24) is 0 Å². The van der Waals surface area contributed by atoms with Gasteiger partial charge >= 0.3 is 12.3 Å². The molecule has 0 N–H and O–H groups in total. The zero-order valence-electron chi connectivity index (χ0n) is 8.09. The van der Waals surface area contributed by atoms with Crippen LogP contribution in [0.2, 0.25) is 0 Å². The highest BCUT2D eigenvalue weighted by molar-refractivity contribution is 5.87. The van der Waals surface area contributed by atoms with Gasteiger partial charge in [-0.3, -0.25) is 14.9 Å². The molecule has 0 amide bonds. The topological polar surface area (TPSA) is 93.2 Å². The highest BCUT2D eigenvalue weighted by atomic mass is 19.3. The molecule has 1 rings (SSSR count). The average Bonchev–Trinajstić information content (AvgIpc) is 2.26. The minimum atomic E-state index is -3.26.